The number of Topliss-reactive ketones (excluding diaryl/α,β-unsaturated/α-hetero) is 1. The lowest BCUT2D eigenvalue weighted by Gasteiger charge is -2.59. The fourth-order valence-electron chi connectivity index (χ4n) is 5.05. The van der Waals surface area contributed by atoms with Crippen molar-refractivity contribution in [2.75, 3.05) is 0 Å². The Morgan fingerprint density at radius 2 is 2.00 bits per heavy atom. The zero-order valence-electron chi connectivity index (χ0n) is 13.5. The second kappa shape index (κ2) is 5.29. The lowest BCUT2D eigenvalue weighted by molar-refractivity contribution is -0.128. The van der Waals surface area contributed by atoms with E-state index in [4.69, 9.17) is 0 Å². The number of fused-ring (bicyclic) bond motifs is 1. The number of carbonyl (C=O) groups is 1. The molecule has 4 atom stereocenters. The molecule has 20 heavy (non-hydrogen) atoms. The van der Waals surface area contributed by atoms with Gasteiger partial charge in [-0.05, 0) is 61.7 Å². The van der Waals surface area contributed by atoms with Crippen molar-refractivity contribution in [1.29, 1.82) is 0 Å². The van der Waals surface area contributed by atoms with E-state index in [1.54, 1.807) is 6.92 Å². The molecule has 4 unspecified atom stereocenters. The second-order valence-corrected chi connectivity index (χ2v) is 7.92. The van der Waals surface area contributed by atoms with Crippen LogP contribution in [0, 0.1) is 22.7 Å². The smallest absolute Gasteiger partial charge is 0.129 e. The normalized spacial score (nSPS) is 40.2. The van der Waals surface area contributed by atoms with Crippen LogP contribution in [-0.4, -0.2) is 17.0 Å². The molecule has 1 N–H and O–H groups in total. The van der Waals surface area contributed by atoms with Crippen molar-refractivity contribution in [3.8, 4) is 0 Å². The fourth-order valence-corrected chi connectivity index (χ4v) is 5.05. The van der Waals surface area contributed by atoms with Gasteiger partial charge in [-0.3, -0.25) is 0 Å². The van der Waals surface area contributed by atoms with E-state index in [0.717, 1.165) is 32.1 Å². The third-order valence-corrected chi connectivity index (χ3v) is 6.34. The first-order valence-corrected chi connectivity index (χ1v) is 8.04. The van der Waals surface area contributed by atoms with E-state index >= 15 is 0 Å². The first-order chi connectivity index (χ1) is 9.19. The topological polar surface area (TPSA) is 37.3 Å². The summed E-state index contributed by atoms with van der Waals surface area (Å²) < 4.78 is 0. The van der Waals surface area contributed by atoms with Gasteiger partial charge >= 0.3 is 0 Å². The van der Waals surface area contributed by atoms with Gasteiger partial charge in [0.2, 0.25) is 0 Å². The van der Waals surface area contributed by atoms with Gasteiger partial charge < -0.3 is 9.90 Å². The molecule has 0 radical (unpaired) electrons. The summed E-state index contributed by atoms with van der Waals surface area (Å²) in [7, 11) is 0. The molecule has 2 aliphatic rings. The molecule has 2 saturated carbocycles. The molecular formula is C18H30O2. The van der Waals surface area contributed by atoms with Crippen molar-refractivity contribution < 1.29 is 9.90 Å². The molecular weight excluding hydrogens is 248 g/mol. The van der Waals surface area contributed by atoms with Gasteiger partial charge in [-0.15, -0.1) is 0 Å². The van der Waals surface area contributed by atoms with Crippen LogP contribution in [-0.2, 0) is 4.79 Å². The highest BCUT2D eigenvalue weighted by Gasteiger charge is 2.55. The van der Waals surface area contributed by atoms with Crippen LogP contribution in [0.3, 0.4) is 0 Å². The van der Waals surface area contributed by atoms with Crippen molar-refractivity contribution in [3.05, 3.63) is 12.2 Å². The third-order valence-electron chi connectivity index (χ3n) is 6.34. The number of rotatable bonds is 3. The number of ketones is 1. The van der Waals surface area contributed by atoms with Gasteiger partial charge in [0, 0.05) is 6.42 Å². The molecule has 0 heterocycles. The average molecular weight is 278 g/mol. The Balaban J connectivity index is 2.28. The standard InChI is InChI=1S/C18H30O2/c1-12-6-9-15-17(3,4)16(20)10-11-18(15,5)14(12)8-7-13(2)19/h14-16,20H,1,6-11H2,2-5H3. The predicted octanol–water partition coefficient (Wildman–Crippen LogP) is 4.13. The number of hydrogen-bond acceptors (Lipinski definition) is 2. The van der Waals surface area contributed by atoms with E-state index in [1.807, 2.05) is 0 Å². The summed E-state index contributed by atoms with van der Waals surface area (Å²) in [5.74, 6) is 1.25. The first kappa shape index (κ1) is 15.8. The van der Waals surface area contributed by atoms with Crippen molar-refractivity contribution in [3.63, 3.8) is 0 Å². The van der Waals surface area contributed by atoms with Crippen LogP contribution in [0.5, 0.6) is 0 Å². The van der Waals surface area contributed by atoms with E-state index in [9.17, 15) is 9.90 Å². The maximum atomic E-state index is 11.4. The summed E-state index contributed by atoms with van der Waals surface area (Å²) in [6.07, 6.45) is 5.53. The number of aliphatic hydroxyl groups is 1. The van der Waals surface area contributed by atoms with Crippen LogP contribution in [0.25, 0.3) is 0 Å². The molecule has 2 aliphatic carbocycles. The molecule has 0 aromatic heterocycles. The summed E-state index contributed by atoms with van der Waals surface area (Å²) in [6.45, 7) is 12.8. The van der Waals surface area contributed by atoms with Gasteiger partial charge in [-0.1, -0.05) is 32.9 Å². The zero-order valence-corrected chi connectivity index (χ0v) is 13.5. The van der Waals surface area contributed by atoms with E-state index in [-0.39, 0.29) is 22.7 Å². The highest BCUT2D eigenvalue weighted by atomic mass is 16.3. The monoisotopic (exact) mass is 278 g/mol. The van der Waals surface area contributed by atoms with E-state index in [1.165, 1.54) is 5.57 Å². The van der Waals surface area contributed by atoms with Crippen LogP contribution < -0.4 is 0 Å². The van der Waals surface area contributed by atoms with Crippen LogP contribution >= 0.6 is 0 Å². The van der Waals surface area contributed by atoms with E-state index in [2.05, 4.69) is 27.4 Å². The molecule has 114 valence electrons. The van der Waals surface area contributed by atoms with Crippen molar-refractivity contribution in [2.24, 2.45) is 22.7 Å². The number of hydrogen-bond donors (Lipinski definition) is 1. The van der Waals surface area contributed by atoms with Crippen molar-refractivity contribution >= 4 is 5.78 Å². The number of allylic oxidation sites excluding steroid dienone is 1. The lowest BCUT2D eigenvalue weighted by Crippen LogP contribution is -2.54. The molecule has 0 saturated heterocycles. The molecule has 0 aromatic rings. The molecule has 0 aliphatic heterocycles. The fraction of sp³-hybridized carbons (Fsp3) is 0.833. The Morgan fingerprint density at radius 3 is 2.60 bits per heavy atom. The number of aliphatic hydroxyl groups excluding tert-OH is 1. The summed E-state index contributed by atoms with van der Waals surface area (Å²) in [5.41, 5.74) is 1.51. The SMILES string of the molecule is C=C1CCC2C(C)(C)C(O)CCC2(C)C1CCC(C)=O. The van der Waals surface area contributed by atoms with Crippen LogP contribution in [0.2, 0.25) is 0 Å². The van der Waals surface area contributed by atoms with Crippen LogP contribution in [0.4, 0.5) is 0 Å². The Hall–Kier alpha value is -0.630. The summed E-state index contributed by atoms with van der Waals surface area (Å²) in [4.78, 5) is 11.4. The van der Waals surface area contributed by atoms with Gasteiger partial charge in [0.1, 0.15) is 5.78 Å². The third kappa shape index (κ3) is 2.47. The Labute approximate surface area is 123 Å². The second-order valence-electron chi connectivity index (χ2n) is 7.92. The van der Waals surface area contributed by atoms with Gasteiger partial charge in [-0.2, -0.15) is 0 Å². The Kier molecular flexibility index (Phi) is 4.17. The van der Waals surface area contributed by atoms with Crippen molar-refractivity contribution in [1.82, 2.24) is 0 Å². The molecule has 0 amide bonds. The minimum absolute atomic E-state index is 0.0256. The molecule has 0 aromatic carbocycles. The predicted molar refractivity (Wildman–Crippen MR) is 82.4 cm³/mol. The largest absolute Gasteiger partial charge is 0.393 e. The molecule has 2 heteroatoms. The first-order valence-electron chi connectivity index (χ1n) is 8.04. The maximum absolute atomic E-state index is 11.4. The summed E-state index contributed by atoms with van der Waals surface area (Å²) >= 11 is 0. The van der Waals surface area contributed by atoms with Gasteiger partial charge in [0.15, 0.2) is 0 Å². The molecule has 2 fully saturated rings. The highest BCUT2D eigenvalue weighted by Crippen LogP contribution is 2.61. The number of carbonyl (C=O) groups excluding carboxylic acids is 1. The Morgan fingerprint density at radius 1 is 1.35 bits per heavy atom. The van der Waals surface area contributed by atoms with E-state index < -0.39 is 0 Å². The molecule has 0 spiro atoms. The van der Waals surface area contributed by atoms with Crippen LogP contribution in [0.1, 0.15) is 66.2 Å². The minimum atomic E-state index is -0.194. The van der Waals surface area contributed by atoms with E-state index in [0.29, 0.717) is 18.3 Å². The lowest BCUT2D eigenvalue weighted by atomic mass is 9.46. The summed E-state index contributed by atoms with van der Waals surface area (Å²) in [6, 6.07) is 0. The average Bonchev–Trinajstić information content (AvgIpc) is 2.33. The van der Waals surface area contributed by atoms with Gasteiger partial charge in [-0.25, -0.2) is 0 Å². The van der Waals surface area contributed by atoms with Gasteiger partial charge in [0.25, 0.3) is 0 Å². The molecule has 2 rings (SSSR count). The van der Waals surface area contributed by atoms with Crippen molar-refractivity contribution in [2.45, 2.75) is 72.3 Å². The zero-order chi connectivity index (χ0) is 15.1. The molecule has 0 bridgehead atoms. The minimum Gasteiger partial charge on any atom is -0.393 e. The van der Waals surface area contributed by atoms with Gasteiger partial charge in [0.05, 0.1) is 6.10 Å². The molecule has 2 nitrogen and oxygen atoms in total. The van der Waals surface area contributed by atoms with Crippen LogP contribution in [0.15, 0.2) is 12.2 Å². The quantitative estimate of drug-likeness (QED) is 0.788. The highest BCUT2D eigenvalue weighted by molar-refractivity contribution is 5.75. The Bertz CT molecular complexity index is 410. The summed E-state index contributed by atoms with van der Waals surface area (Å²) in [5, 5.41) is 10.4. The maximum Gasteiger partial charge on any atom is 0.129 e.